The van der Waals surface area contributed by atoms with E-state index in [2.05, 4.69) is 11.6 Å². The Balaban J connectivity index is 3.27. The van der Waals surface area contributed by atoms with E-state index in [1.54, 1.807) is 0 Å². The van der Waals surface area contributed by atoms with Gasteiger partial charge in [-0.2, -0.15) is 13.2 Å². The van der Waals surface area contributed by atoms with E-state index in [0.29, 0.717) is 12.3 Å². The lowest BCUT2D eigenvalue weighted by Crippen LogP contribution is -2.08. The molecule has 0 unspecified atom stereocenters. The minimum Gasteiger partial charge on any atom is -0.254 e. The lowest BCUT2D eigenvalue weighted by Gasteiger charge is -2.07. The molecule has 0 radical (unpaired) electrons. The molecular weight excluding hydrogens is 186 g/mol. The number of rotatable bonds is 1. The predicted molar refractivity (Wildman–Crippen MR) is 39.3 cm³/mol. The summed E-state index contributed by atoms with van der Waals surface area (Å²) >= 11 is 0. The molecule has 1 heterocycles. The maximum Gasteiger partial charge on any atom is 0.419 e. The van der Waals surface area contributed by atoms with Crippen LogP contribution in [0.15, 0.2) is 18.8 Å². The molecule has 0 spiro atoms. The normalized spacial score (nSPS) is 11.4. The molecule has 0 fully saturated rings. The van der Waals surface area contributed by atoms with Crippen LogP contribution in [0.2, 0.25) is 0 Å². The van der Waals surface area contributed by atoms with E-state index < -0.39 is 17.6 Å². The van der Waals surface area contributed by atoms with Crippen LogP contribution in [-0.2, 0) is 6.18 Å². The quantitative estimate of drug-likeness (QED) is 0.622. The third kappa shape index (κ3) is 2.05. The van der Waals surface area contributed by atoms with Gasteiger partial charge in [-0.1, -0.05) is 6.58 Å². The summed E-state index contributed by atoms with van der Waals surface area (Å²) in [4.78, 5) is 3.38. The smallest absolute Gasteiger partial charge is 0.254 e. The Bertz CT molecular complexity index is 329. The molecule has 0 saturated carbocycles. The van der Waals surface area contributed by atoms with Gasteiger partial charge in [0.15, 0.2) is 5.82 Å². The highest BCUT2D eigenvalue weighted by molar-refractivity contribution is 5.43. The van der Waals surface area contributed by atoms with Crippen LogP contribution in [0.1, 0.15) is 11.3 Å². The molecule has 1 nitrogen and oxygen atoms in total. The fourth-order valence-corrected chi connectivity index (χ4v) is 0.784. The summed E-state index contributed by atoms with van der Waals surface area (Å²) in [5.74, 6) is -1.38. The summed E-state index contributed by atoms with van der Waals surface area (Å²) in [5, 5.41) is 0. The van der Waals surface area contributed by atoms with Crippen LogP contribution in [0.25, 0.3) is 6.08 Å². The third-order valence-corrected chi connectivity index (χ3v) is 1.39. The monoisotopic (exact) mass is 191 g/mol. The number of hydrogen-bond donors (Lipinski definition) is 0. The summed E-state index contributed by atoms with van der Waals surface area (Å²) in [6, 6.07) is 0.613. The number of hydrogen-bond acceptors (Lipinski definition) is 1. The van der Waals surface area contributed by atoms with Gasteiger partial charge in [0.2, 0.25) is 0 Å². The molecule has 0 amide bonds. The van der Waals surface area contributed by atoms with Crippen molar-refractivity contribution in [3.63, 3.8) is 0 Å². The number of nitrogens with zero attached hydrogens (tertiary/aromatic N) is 1. The molecule has 1 aromatic rings. The Labute approximate surface area is 71.7 Å². The van der Waals surface area contributed by atoms with Gasteiger partial charge in [-0.05, 0) is 12.1 Å². The van der Waals surface area contributed by atoms with E-state index in [1.807, 2.05) is 0 Å². The van der Waals surface area contributed by atoms with Gasteiger partial charge in [-0.3, -0.25) is 4.98 Å². The fourth-order valence-electron chi connectivity index (χ4n) is 0.784. The topological polar surface area (TPSA) is 12.9 Å². The zero-order chi connectivity index (χ0) is 10.1. The molecule has 5 heteroatoms. The van der Waals surface area contributed by atoms with Crippen molar-refractivity contribution >= 4 is 6.08 Å². The van der Waals surface area contributed by atoms with Gasteiger partial charge in [0.25, 0.3) is 0 Å². The van der Waals surface area contributed by atoms with Crippen molar-refractivity contribution in [2.45, 2.75) is 6.18 Å². The Morgan fingerprint density at radius 3 is 2.46 bits per heavy atom. The molecule has 1 rings (SSSR count). The molecule has 0 aliphatic carbocycles. The van der Waals surface area contributed by atoms with E-state index in [0.717, 1.165) is 6.08 Å². The van der Waals surface area contributed by atoms with Crippen molar-refractivity contribution in [3.05, 3.63) is 35.9 Å². The number of pyridine rings is 1. The standard InChI is InChI=1S/C8H5F4N/c1-2-5-3-6(8(10,11)12)7(9)4-13-5/h2-4H,1H2. The van der Waals surface area contributed by atoms with Crippen LogP contribution in [0.3, 0.4) is 0 Å². The fraction of sp³-hybridized carbons (Fsp3) is 0.125. The molecule has 0 aromatic carbocycles. The first kappa shape index (κ1) is 9.70. The van der Waals surface area contributed by atoms with E-state index in [9.17, 15) is 17.6 Å². The average Bonchev–Trinajstić information content (AvgIpc) is 2.03. The number of alkyl halides is 3. The van der Waals surface area contributed by atoms with E-state index in [-0.39, 0.29) is 5.69 Å². The van der Waals surface area contributed by atoms with E-state index in [4.69, 9.17) is 0 Å². The average molecular weight is 191 g/mol. The van der Waals surface area contributed by atoms with Gasteiger partial charge in [0, 0.05) is 0 Å². The van der Waals surface area contributed by atoms with Crippen LogP contribution in [0, 0.1) is 5.82 Å². The zero-order valence-electron chi connectivity index (χ0n) is 6.40. The summed E-state index contributed by atoms with van der Waals surface area (Å²) in [5.41, 5.74) is -1.33. The van der Waals surface area contributed by atoms with E-state index in [1.165, 1.54) is 0 Å². The molecule has 0 atom stereocenters. The summed E-state index contributed by atoms with van der Waals surface area (Å²) in [6.45, 7) is 3.23. The van der Waals surface area contributed by atoms with Gasteiger partial charge in [-0.15, -0.1) is 0 Å². The van der Waals surface area contributed by atoms with Crippen LogP contribution in [0.5, 0.6) is 0 Å². The molecule has 1 aromatic heterocycles. The second-order valence-corrected chi connectivity index (χ2v) is 2.29. The van der Waals surface area contributed by atoms with Crippen molar-refractivity contribution in [1.82, 2.24) is 4.98 Å². The minimum absolute atomic E-state index is 0.00581. The lowest BCUT2D eigenvalue weighted by atomic mass is 10.2. The van der Waals surface area contributed by atoms with Gasteiger partial charge in [0.05, 0.1) is 17.5 Å². The molecule has 13 heavy (non-hydrogen) atoms. The maximum absolute atomic E-state index is 12.6. The maximum atomic E-state index is 12.6. The molecule has 0 bridgehead atoms. The molecule has 0 N–H and O–H groups in total. The van der Waals surface area contributed by atoms with Crippen LogP contribution >= 0.6 is 0 Å². The first-order valence-corrected chi connectivity index (χ1v) is 3.30. The van der Waals surface area contributed by atoms with Crippen molar-refractivity contribution in [2.24, 2.45) is 0 Å². The van der Waals surface area contributed by atoms with Crippen LogP contribution < -0.4 is 0 Å². The van der Waals surface area contributed by atoms with Gasteiger partial charge < -0.3 is 0 Å². The van der Waals surface area contributed by atoms with Gasteiger partial charge >= 0.3 is 6.18 Å². The zero-order valence-corrected chi connectivity index (χ0v) is 6.40. The Hall–Kier alpha value is -1.39. The van der Waals surface area contributed by atoms with Crippen molar-refractivity contribution in [1.29, 1.82) is 0 Å². The highest BCUT2D eigenvalue weighted by atomic mass is 19.4. The predicted octanol–water partition coefficient (Wildman–Crippen LogP) is 2.88. The first-order valence-electron chi connectivity index (χ1n) is 3.30. The van der Waals surface area contributed by atoms with Crippen molar-refractivity contribution in [2.75, 3.05) is 0 Å². The second kappa shape index (κ2) is 3.16. The number of aromatic nitrogens is 1. The molecular formula is C8H5F4N. The van der Waals surface area contributed by atoms with Crippen LogP contribution in [-0.4, -0.2) is 4.98 Å². The third-order valence-electron chi connectivity index (χ3n) is 1.39. The number of halogens is 4. The first-order chi connectivity index (χ1) is 5.95. The molecule has 0 aliphatic heterocycles. The highest BCUT2D eigenvalue weighted by Gasteiger charge is 2.34. The van der Waals surface area contributed by atoms with Crippen LogP contribution in [0.4, 0.5) is 17.6 Å². The largest absolute Gasteiger partial charge is 0.419 e. The van der Waals surface area contributed by atoms with E-state index >= 15 is 0 Å². The van der Waals surface area contributed by atoms with Crippen molar-refractivity contribution in [3.8, 4) is 0 Å². The van der Waals surface area contributed by atoms with Gasteiger partial charge in [-0.25, -0.2) is 4.39 Å². The molecule has 0 aliphatic rings. The molecule has 70 valence electrons. The second-order valence-electron chi connectivity index (χ2n) is 2.29. The van der Waals surface area contributed by atoms with Gasteiger partial charge in [0.1, 0.15) is 0 Å². The Morgan fingerprint density at radius 1 is 1.38 bits per heavy atom. The lowest BCUT2D eigenvalue weighted by molar-refractivity contribution is -0.140. The minimum atomic E-state index is -4.69. The Morgan fingerprint density at radius 2 is 2.00 bits per heavy atom. The van der Waals surface area contributed by atoms with Crippen molar-refractivity contribution < 1.29 is 17.6 Å². The summed E-state index contributed by atoms with van der Waals surface area (Å²) < 4.78 is 48.8. The summed E-state index contributed by atoms with van der Waals surface area (Å²) in [7, 11) is 0. The Kier molecular flexibility index (Phi) is 2.36. The molecule has 0 saturated heterocycles. The summed E-state index contributed by atoms with van der Waals surface area (Å²) in [6.07, 6.45) is -3.04. The SMILES string of the molecule is C=Cc1cc(C(F)(F)F)c(F)cn1. The highest BCUT2D eigenvalue weighted by Crippen LogP contribution is 2.31.